The third-order valence-electron chi connectivity index (χ3n) is 3.22. The Morgan fingerprint density at radius 1 is 1.35 bits per heavy atom. The minimum Gasteiger partial charge on any atom is -0.615 e. The van der Waals surface area contributed by atoms with Gasteiger partial charge in [-0.2, -0.15) is 0 Å². The first-order chi connectivity index (χ1) is 11.1. The van der Waals surface area contributed by atoms with Gasteiger partial charge >= 0.3 is 5.69 Å². The second-order valence-electron chi connectivity index (χ2n) is 4.85. The first-order valence-corrected chi connectivity index (χ1v) is 9.14. The van der Waals surface area contributed by atoms with Crippen molar-refractivity contribution >= 4 is 38.4 Å². The Kier molecular flexibility index (Phi) is 3.36. The van der Waals surface area contributed by atoms with E-state index in [0.29, 0.717) is 16.3 Å². The van der Waals surface area contributed by atoms with E-state index in [2.05, 4.69) is 20.3 Å². The first kappa shape index (κ1) is 14.3. The van der Waals surface area contributed by atoms with Crippen LogP contribution in [0.3, 0.4) is 0 Å². The van der Waals surface area contributed by atoms with Crippen LogP contribution >= 0.6 is 11.3 Å². The Balaban J connectivity index is 1.88. The van der Waals surface area contributed by atoms with Crippen LogP contribution in [0.2, 0.25) is 0 Å². The standard InChI is InChI=1S/C13H10N6O2S2/c1-23(21)7-19-13(20)18-6-14-10(11(18)16-17-19)12-15-8-4-2-3-5-9(8)22-12/h2-6H,7H2,1H3. The zero-order valence-electron chi connectivity index (χ0n) is 11.9. The lowest BCUT2D eigenvalue weighted by Crippen LogP contribution is -2.32. The summed E-state index contributed by atoms with van der Waals surface area (Å²) in [5.74, 6) is -0.00355. The fourth-order valence-corrected chi connectivity index (χ4v) is 3.68. The van der Waals surface area contributed by atoms with E-state index in [1.54, 1.807) is 0 Å². The van der Waals surface area contributed by atoms with Crippen LogP contribution in [0.25, 0.3) is 26.6 Å². The molecule has 1 unspecified atom stereocenters. The summed E-state index contributed by atoms with van der Waals surface area (Å²) in [5, 5.41) is 8.56. The number of para-hydroxylation sites is 1. The second-order valence-corrected chi connectivity index (χ2v) is 7.28. The number of benzene rings is 1. The van der Waals surface area contributed by atoms with Crippen LogP contribution in [0.4, 0.5) is 0 Å². The Bertz CT molecular complexity index is 1030. The molecule has 0 amide bonds. The van der Waals surface area contributed by atoms with Gasteiger partial charge in [-0.15, -0.1) is 21.1 Å². The van der Waals surface area contributed by atoms with Gasteiger partial charge in [-0.05, 0) is 23.3 Å². The summed E-state index contributed by atoms with van der Waals surface area (Å²) in [6.07, 6.45) is 2.89. The second kappa shape index (κ2) is 5.41. The van der Waals surface area contributed by atoms with Gasteiger partial charge in [-0.25, -0.2) is 19.2 Å². The maximum absolute atomic E-state index is 12.3. The van der Waals surface area contributed by atoms with Gasteiger partial charge in [0.2, 0.25) is 5.88 Å². The molecule has 4 aromatic rings. The molecular formula is C13H10N6O2S2. The highest BCUT2D eigenvalue weighted by molar-refractivity contribution is 7.89. The van der Waals surface area contributed by atoms with Gasteiger partial charge in [0.05, 0.1) is 16.5 Å². The van der Waals surface area contributed by atoms with E-state index in [1.165, 1.54) is 28.3 Å². The van der Waals surface area contributed by atoms with Crippen LogP contribution in [-0.2, 0) is 17.1 Å². The summed E-state index contributed by atoms with van der Waals surface area (Å²) in [5.41, 5.74) is 1.30. The number of aromatic nitrogens is 6. The maximum atomic E-state index is 12.3. The maximum Gasteiger partial charge on any atom is 0.357 e. The molecule has 0 aliphatic rings. The number of thiazole rings is 1. The van der Waals surface area contributed by atoms with Crippen molar-refractivity contribution in [1.29, 1.82) is 0 Å². The average molecular weight is 346 g/mol. The molecule has 8 nitrogen and oxygen atoms in total. The number of hydrogen-bond donors (Lipinski definition) is 0. The van der Waals surface area contributed by atoms with E-state index in [0.717, 1.165) is 14.9 Å². The number of rotatable bonds is 3. The molecule has 0 aliphatic carbocycles. The predicted octanol–water partition coefficient (Wildman–Crippen LogP) is 0.899. The van der Waals surface area contributed by atoms with Gasteiger partial charge < -0.3 is 4.55 Å². The minimum atomic E-state index is -1.19. The fourth-order valence-electron chi connectivity index (χ4n) is 2.21. The third kappa shape index (κ3) is 2.40. The van der Waals surface area contributed by atoms with Crippen molar-refractivity contribution in [1.82, 2.24) is 29.4 Å². The number of hydrogen-bond acceptors (Lipinski definition) is 7. The van der Waals surface area contributed by atoms with E-state index in [9.17, 15) is 9.35 Å². The topological polar surface area (TPSA) is 101 Å². The summed E-state index contributed by atoms with van der Waals surface area (Å²) in [6.45, 7) is 0. The minimum absolute atomic E-state index is 0.00355. The van der Waals surface area contributed by atoms with Crippen molar-refractivity contribution in [2.24, 2.45) is 0 Å². The largest absolute Gasteiger partial charge is 0.615 e. The number of imidazole rings is 1. The normalized spacial score (nSPS) is 13.0. The summed E-state index contributed by atoms with van der Waals surface area (Å²) in [4.78, 5) is 21.1. The lowest BCUT2D eigenvalue weighted by Gasteiger charge is -2.05. The first-order valence-electron chi connectivity index (χ1n) is 6.60. The van der Waals surface area contributed by atoms with E-state index in [-0.39, 0.29) is 5.88 Å². The molecular weight excluding hydrogens is 336 g/mol. The predicted molar refractivity (Wildman–Crippen MR) is 87.7 cm³/mol. The number of nitrogens with zero attached hydrogens (tertiary/aromatic N) is 6. The SMILES string of the molecule is C[S+]([O-])Cn1nnc2c(-c3nc4ccccc4s3)ncn2c1=O. The van der Waals surface area contributed by atoms with Gasteiger partial charge in [-0.3, -0.25) is 0 Å². The molecule has 0 radical (unpaired) electrons. The van der Waals surface area contributed by atoms with Crippen molar-refractivity contribution in [2.45, 2.75) is 5.88 Å². The van der Waals surface area contributed by atoms with Crippen LogP contribution < -0.4 is 5.69 Å². The van der Waals surface area contributed by atoms with Gasteiger partial charge in [0, 0.05) is 0 Å². The van der Waals surface area contributed by atoms with Crippen LogP contribution in [0.15, 0.2) is 35.4 Å². The molecule has 0 saturated carbocycles. The Morgan fingerprint density at radius 3 is 2.96 bits per heavy atom. The molecule has 1 aromatic carbocycles. The molecule has 0 N–H and O–H groups in total. The average Bonchev–Trinajstić information content (AvgIpc) is 3.13. The summed E-state index contributed by atoms with van der Waals surface area (Å²) in [6, 6.07) is 7.76. The molecule has 0 aliphatic heterocycles. The van der Waals surface area contributed by atoms with Gasteiger partial charge in [0.1, 0.15) is 17.0 Å². The van der Waals surface area contributed by atoms with Crippen molar-refractivity contribution < 1.29 is 4.55 Å². The van der Waals surface area contributed by atoms with Crippen molar-refractivity contribution in [3.63, 3.8) is 0 Å². The van der Waals surface area contributed by atoms with E-state index in [1.807, 2.05) is 24.3 Å². The molecule has 23 heavy (non-hydrogen) atoms. The van der Waals surface area contributed by atoms with Gasteiger partial charge in [0.25, 0.3) is 0 Å². The molecule has 4 rings (SSSR count). The molecule has 0 fully saturated rings. The molecule has 1 atom stereocenters. The third-order valence-corrected chi connectivity index (χ3v) is 4.87. The van der Waals surface area contributed by atoms with Gasteiger partial charge in [0.15, 0.2) is 5.65 Å². The summed E-state index contributed by atoms with van der Waals surface area (Å²) >= 11 is 0.285. The lowest BCUT2D eigenvalue weighted by atomic mass is 10.3. The molecule has 3 aromatic heterocycles. The van der Waals surface area contributed by atoms with E-state index in [4.69, 9.17) is 0 Å². The van der Waals surface area contributed by atoms with Crippen LogP contribution in [0.1, 0.15) is 0 Å². The summed E-state index contributed by atoms with van der Waals surface area (Å²) in [7, 11) is 0. The zero-order valence-corrected chi connectivity index (χ0v) is 13.5. The monoisotopic (exact) mass is 346 g/mol. The van der Waals surface area contributed by atoms with Crippen LogP contribution in [0.5, 0.6) is 0 Å². The highest BCUT2D eigenvalue weighted by Crippen LogP contribution is 2.30. The van der Waals surface area contributed by atoms with Crippen molar-refractivity contribution in [3.8, 4) is 10.7 Å². The molecule has 0 bridgehead atoms. The van der Waals surface area contributed by atoms with Gasteiger partial charge in [-0.1, -0.05) is 17.3 Å². The van der Waals surface area contributed by atoms with Crippen LogP contribution in [0, 0.1) is 0 Å². The molecule has 0 spiro atoms. The Hall–Kier alpha value is -2.30. The van der Waals surface area contributed by atoms with Crippen molar-refractivity contribution in [3.05, 3.63) is 41.1 Å². The highest BCUT2D eigenvalue weighted by Gasteiger charge is 2.17. The number of fused-ring (bicyclic) bond motifs is 2. The highest BCUT2D eigenvalue weighted by atomic mass is 32.2. The quantitative estimate of drug-likeness (QED) is 0.511. The van der Waals surface area contributed by atoms with Crippen LogP contribution in [-0.4, -0.2) is 40.2 Å². The molecule has 10 heteroatoms. The molecule has 0 saturated heterocycles. The van der Waals surface area contributed by atoms with E-state index < -0.39 is 16.9 Å². The molecule has 3 heterocycles. The Labute approximate surface area is 136 Å². The smallest absolute Gasteiger partial charge is 0.357 e. The van der Waals surface area contributed by atoms with E-state index >= 15 is 0 Å². The Morgan fingerprint density at radius 2 is 2.17 bits per heavy atom. The zero-order chi connectivity index (χ0) is 16.0. The summed E-state index contributed by atoms with van der Waals surface area (Å²) < 4.78 is 14.7. The van der Waals surface area contributed by atoms with Crippen molar-refractivity contribution in [2.75, 3.05) is 6.26 Å². The lowest BCUT2D eigenvalue weighted by molar-refractivity contribution is 0.547. The fraction of sp³-hybridized carbons (Fsp3) is 0.154. The molecule has 116 valence electrons.